The number of rotatable bonds is 3. The Labute approximate surface area is 133 Å². The molecule has 0 bridgehead atoms. The monoisotopic (exact) mass is 305 g/mol. The molecule has 122 valence electrons. The summed E-state index contributed by atoms with van der Waals surface area (Å²) >= 11 is 0. The molecule has 0 aliphatic carbocycles. The zero-order valence-electron chi connectivity index (χ0n) is 14.2. The van der Waals surface area contributed by atoms with Crippen molar-refractivity contribution in [1.29, 1.82) is 0 Å². The van der Waals surface area contributed by atoms with Crippen molar-refractivity contribution in [2.45, 2.75) is 52.4 Å². The molecule has 1 aliphatic heterocycles. The predicted octanol–water partition coefficient (Wildman–Crippen LogP) is 2.77. The van der Waals surface area contributed by atoms with Gasteiger partial charge in [-0.2, -0.15) is 0 Å². The van der Waals surface area contributed by atoms with Crippen LogP contribution in [-0.4, -0.2) is 40.8 Å². The van der Waals surface area contributed by atoms with Crippen molar-refractivity contribution in [3.63, 3.8) is 0 Å². The Morgan fingerprint density at radius 1 is 1.36 bits per heavy atom. The lowest BCUT2D eigenvalue weighted by Gasteiger charge is -2.30. The maximum absolute atomic E-state index is 12.5. The molecule has 1 aromatic rings. The molecular weight excluding hydrogens is 278 g/mol. The van der Waals surface area contributed by atoms with Crippen LogP contribution in [0.2, 0.25) is 0 Å². The number of benzene rings is 1. The number of ether oxygens (including phenoxy) is 1. The maximum Gasteiger partial charge on any atom is 0.316 e. The smallest absolute Gasteiger partial charge is 0.316 e. The summed E-state index contributed by atoms with van der Waals surface area (Å²) in [6, 6.07) is 10.3. The lowest BCUT2D eigenvalue weighted by atomic mass is 9.87. The fourth-order valence-corrected chi connectivity index (χ4v) is 2.85. The first-order chi connectivity index (χ1) is 10.1. The van der Waals surface area contributed by atoms with Gasteiger partial charge < -0.3 is 9.84 Å². The van der Waals surface area contributed by atoms with E-state index in [1.807, 2.05) is 39.0 Å². The van der Waals surface area contributed by atoms with Crippen LogP contribution in [0.25, 0.3) is 0 Å². The number of hydrogen-bond acceptors (Lipinski definition) is 4. The number of carbonyl (C=O) groups excluding carboxylic acids is 1. The lowest BCUT2D eigenvalue weighted by Crippen LogP contribution is -2.43. The molecule has 1 heterocycles. The molecule has 0 aromatic heterocycles. The Morgan fingerprint density at radius 3 is 2.50 bits per heavy atom. The molecule has 2 rings (SSSR count). The van der Waals surface area contributed by atoms with Gasteiger partial charge in [0.05, 0.1) is 6.10 Å². The Bertz CT molecular complexity index is 523. The van der Waals surface area contributed by atoms with Crippen LogP contribution in [0.5, 0.6) is 0 Å². The number of aliphatic hydroxyl groups is 1. The van der Waals surface area contributed by atoms with Gasteiger partial charge in [-0.3, -0.25) is 9.69 Å². The molecule has 1 saturated heterocycles. The summed E-state index contributed by atoms with van der Waals surface area (Å²) in [6.07, 6.45) is -0.714. The molecule has 4 nitrogen and oxygen atoms in total. The summed E-state index contributed by atoms with van der Waals surface area (Å²) in [7, 11) is 0. The number of likely N-dealkylation sites (tertiary alicyclic amines) is 1. The number of esters is 1. The number of aliphatic hydroxyl groups excluding tert-OH is 1. The molecule has 4 heteroatoms. The molecule has 0 saturated carbocycles. The van der Waals surface area contributed by atoms with Crippen LogP contribution in [-0.2, 0) is 9.53 Å². The number of hydrogen-bond donors (Lipinski definition) is 1. The van der Waals surface area contributed by atoms with Crippen LogP contribution in [0.4, 0.5) is 0 Å². The first-order valence-electron chi connectivity index (χ1n) is 7.84. The molecule has 1 fully saturated rings. The highest BCUT2D eigenvalue weighted by Gasteiger charge is 2.51. The third-order valence-corrected chi connectivity index (χ3v) is 4.37. The number of nitrogens with zero attached hydrogens (tertiary/aromatic N) is 1. The zero-order chi connectivity index (χ0) is 16.5. The van der Waals surface area contributed by atoms with E-state index in [0.717, 1.165) is 0 Å². The van der Waals surface area contributed by atoms with Gasteiger partial charge in [0.1, 0.15) is 11.0 Å². The summed E-state index contributed by atoms with van der Waals surface area (Å²) in [6.45, 7) is 10.4. The van der Waals surface area contributed by atoms with Crippen molar-refractivity contribution < 1.29 is 14.6 Å². The van der Waals surface area contributed by atoms with Crippen LogP contribution in [0.1, 0.15) is 46.2 Å². The van der Waals surface area contributed by atoms with Crippen molar-refractivity contribution in [3.8, 4) is 0 Å². The molecule has 3 atom stereocenters. The van der Waals surface area contributed by atoms with E-state index in [2.05, 4.69) is 24.0 Å². The van der Waals surface area contributed by atoms with Crippen LogP contribution in [0.3, 0.4) is 0 Å². The number of carbonyl (C=O) groups is 1. The standard InChI is InChI=1S/C18H27NO3/c1-13(14-9-7-6-8-10-14)19-11-15(20)18(5,12-19)16(21)22-17(2,3)4/h6-10,13,15,20H,11-12H2,1-5H3/t13-,15?,18+/m0/s1. The first kappa shape index (κ1) is 17.0. The second-order valence-corrected chi connectivity index (χ2v) is 7.45. The Morgan fingerprint density at radius 2 is 1.95 bits per heavy atom. The van der Waals surface area contributed by atoms with Crippen molar-refractivity contribution in [1.82, 2.24) is 4.90 Å². The lowest BCUT2D eigenvalue weighted by molar-refractivity contribution is -0.170. The van der Waals surface area contributed by atoms with Gasteiger partial charge in [0.2, 0.25) is 0 Å². The molecule has 0 radical (unpaired) electrons. The Balaban J connectivity index is 2.13. The van der Waals surface area contributed by atoms with Crippen molar-refractivity contribution in [2.24, 2.45) is 5.41 Å². The van der Waals surface area contributed by atoms with E-state index in [9.17, 15) is 9.90 Å². The normalized spacial score (nSPS) is 27.6. The second-order valence-electron chi connectivity index (χ2n) is 7.45. The molecule has 22 heavy (non-hydrogen) atoms. The third-order valence-electron chi connectivity index (χ3n) is 4.37. The average molecular weight is 305 g/mol. The van der Waals surface area contributed by atoms with E-state index in [4.69, 9.17) is 4.74 Å². The quantitative estimate of drug-likeness (QED) is 0.873. The van der Waals surface area contributed by atoms with Gasteiger partial charge >= 0.3 is 5.97 Å². The SMILES string of the molecule is C[C@@H](c1ccccc1)N1CC(O)[C@](C)(C(=O)OC(C)(C)C)C1. The molecule has 1 aliphatic rings. The maximum atomic E-state index is 12.5. The van der Waals surface area contributed by atoms with Gasteiger partial charge in [0, 0.05) is 19.1 Å². The van der Waals surface area contributed by atoms with Crippen molar-refractivity contribution in [3.05, 3.63) is 35.9 Å². The van der Waals surface area contributed by atoms with E-state index >= 15 is 0 Å². The summed E-state index contributed by atoms with van der Waals surface area (Å²) in [5.74, 6) is -0.324. The van der Waals surface area contributed by atoms with Crippen LogP contribution in [0.15, 0.2) is 30.3 Å². The fourth-order valence-electron chi connectivity index (χ4n) is 2.85. The van der Waals surface area contributed by atoms with Crippen molar-refractivity contribution in [2.75, 3.05) is 13.1 Å². The number of β-amino-alcohol motifs (C(OH)–C–C–N with tert-alkyl or cyclic N) is 1. The van der Waals surface area contributed by atoms with Crippen LogP contribution < -0.4 is 0 Å². The first-order valence-corrected chi connectivity index (χ1v) is 7.84. The van der Waals surface area contributed by atoms with Gasteiger partial charge in [-0.1, -0.05) is 30.3 Å². The summed E-state index contributed by atoms with van der Waals surface area (Å²) < 4.78 is 5.50. The highest BCUT2D eigenvalue weighted by molar-refractivity contribution is 5.78. The van der Waals surface area contributed by atoms with Crippen LogP contribution in [0, 0.1) is 5.41 Å². The Kier molecular flexibility index (Phi) is 4.64. The minimum absolute atomic E-state index is 0.153. The highest BCUT2D eigenvalue weighted by atomic mass is 16.6. The third kappa shape index (κ3) is 3.50. The van der Waals surface area contributed by atoms with Gasteiger partial charge in [-0.15, -0.1) is 0 Å². The summed E-state index contributed by atoms with van der Waals surface area (Å²) in [5.41, 5.74) is -0.239. The average Bonchev–Trinajstić information content (AvgIpc) is 2.74. The molecule has 0 amide bonds. The minimum Gasteiger partial charge on any atom is -0.459 e. The molecule has 0 spiro atoms. The molecule has 1 N–H and O–H groups in total. The molecule has 1 aromatic carbocycles. The summed E-state index contributed by atoms with van der Waals surface area (Å²) in [4.78, 5) is 14.6. The zero-order valence-corrected chi connectivity index (χ0v) is 14.2. The van der Waals surface area contributed by atoms with E-state index in [0.29, 0.717) is 13.1 Å². The van der Waals surface area contributed by atoms with E-state index in [1.165, 1.54) is 5.56 Å². The minimum atomic E-state index is -0.879. The van der Waals surface area contributed by atoms with Gasteiger partial charge in [-0.25, -0.2) is 0 Å². The largest absolute Gasteiger partial charge is 0.459 e. The van der Waals surface area contributed by atoms with Gasteiger partial charge in [0.15, 0.2) is 0 Å². The van der Waals surface area contributed by atoms with E-state index < -0.39 is 17.1 Å². The van der Waals surface area contributed by atoms with E-state index in [1.54, 1.807) is 6.92 Å². The molecular formula is C18H27NO3. The fraction of sp³-hybridized carbons (Fsp3) is 0.611. The van der Waals surface area contributed by atoms with E-state index in [-0.39, 0.29) is 12.0 Å². The second kappa shape index (κ2) is 6.01. The Hall–Kier alpha value is -1.39. The highest BCUT2D eigenvalue weighted by Crippen LogP contribution is 2.37. The van der Waals surface area contributed by atoms with Gasteiger partial charge in [-0.05, 0) is 40.2 Å². The predicted molar refractivity (Wildman–Crippen MR) is 86.4 cm³/mol. The van der Waals surface area contributed by atoms with Crippen molar-refractivity contribution >= 4 is 5.97 Å². The van der Waals surface area contributed by atoms with Gasteiger partial charge in [0.25, 0.3) is 0 Å². The molecule has 1 unspecified atom stereocenters. The van der Waals surface area contributed by atoms with Crippen LogP contribution >= 0.6 is 0 Å². The summed E-state index contributed by atoms with van der Waals surface area (Å²) in [5, 5.41) is 10.4. The topological polar surface area (TPSA) is 49.8 Å².